The van der Waals surface area contributed by atoms with Crippen molar-refractivity contribution >= 4 is 11.0 Å². The highest BCUT2D eigenvalue weighted by Gasteiger charge is 2.38. The number of furan rings is 1. The molecule has 0 amide bonds. The van der Waals surface area contributed by atoms with Crippen molar-refractivity contribution in [3.8, 4) is 0 Å². The fraction of sp³-hybridized carbons (Fsp3) is 0.467. The zero-order valence-electron chi connectivity index (χ0n) is 11.1. The minimum absolute atomic E-state index is 0.115. The second kappa shape index (κ2) is 4.96. The molecule has 1 aromatic carbocycles. The van der Waals surface area contributed by atoms with E-state index in [4.69, 9.17) is 9.15 Å². The third-order valence-corrected chi connectivity index (χ3v) is 3.87. The van der Waals surface area contributed by atoms with Gasteiger partial charge in [0.05, 0.1) is 12.6 Å². The van der Waals surface area contributed by atoms with Crippen molar-refractivity contribution in [1.29, 1.82) is 0 Å². The number of fused-ring (bicyclic) bond motifs is 1. The highest BCUT2D eigenvalue weighted by atomic mass is 16.5. The first-order valence-corrected chi connectivity index (χ1v) is 6.69. The lowest BCUT2D eigenvalue weighted by molar-refractivity contribution is -0.0264. The Morgan fingerprint density at radius 3 is 3.00 bits per heavy atom. The van der Waals surface area contributed by atoms with Crippen LogP contribution in [-0.4, -0.2) is 30.0 Å². The molecule has 1 aliphatic heterocycles. The lowest BCUT2D eigenvalue weighted by atomic mass is 9.97. The maximum atomic E-state index is 10.4. The van der Waals surface area contributed by atoms with Crippen molar-refractivity contribution in [3.63, 3.8) is 0 Å². The summed E-state index contributed by atoms with van der Waals surface area (Å²) in [6, 6.07) is 9.97. The molecule has 2 unspecified atom stereocenters. The highest BCUT2D eigenvalue weighted by molar-refractivity contribution is 5.77. The smallest absolute Gasteiger partial charge is 0.134 e. The zero-order valence-corrected chi connectivity index (χ0v) is 11.1. The molecule has 3 rings (SSSR count). The van der Waals surface area contributed by atoms with Gasteiger partial charge in [0.25, 0.3) is 0 Å². The molecule has 4 heteroatoms. The summed E-state index contributed by atoms with van der Waals surface area (Å²) < 4.78 is 11.1. The summed E-state index contributed by atoms with van der Waals surface area (Å²) in [6.45, 7) is 3.68. The summed E-state index contributed by atoms with van der Waals surface area (Å²) in [5.41, 5.74) is 0.141. The predicted molar refractivity (Wildman–Crippen MR) is 72.9 cm³/mol. The van der Waals surface area contributed by atoms with Crippen molar-refractivity contribution in [2.75, 3.05) is 13.2 Å². The molecular formula is C15H19NO3. The van der Waals surface area contributed by atoms with E-state index >= 15 is 0 Å². The summed E-state index contributed by atoms with van der Waals surface area (Å²) in [5, 5.41) is 14.7. The Labute approximate surface area is 112 Å². The molecule has 0 aliphatic carbocycles. The van der Waals surface area contributed by atoms with E-state index in [0.29, 0.717) is 26.1 Å². The van der Waals surface area contributed by atoms with Crippen LogP contribution in [0.1, 0.15) is 19.1 Å². The van der Waals surface area contributed by atoms with Crippen LogP contribution in [0.4, 0.5) is 0 Å². The van der Waals surface area contributed by atoms with E-state index in [-0.39, 0.29) is 6.10 Å². The standard InChI is InChI=1S/C15H19NO3/c1-11-15(17,6-7-18-11)10-16-9-13-8-12-4-2-3-5-14(12)19-13/h2-5,8,11,16-17H,6-7,9-10H2,1H3. The Morgan fingerprint density at radius 1 is 1.42 bits per heavy atom. The van der Waals surface area contributed by atoms with Gasteiger partial charge in [0.1, 0.15) is 16.9 Å². The monoisotopic (exact) mass is 261 g/mol. The van der Waals surface area contributed by atoms with E-state index < -0.39 is 5.60 Å². The van der Waals surface area contributed by atoms with E-state index in [2.05, 4.69) is 5.32 Å². The maximum absolute atomic E-state index is 10.4. The minimum atomic E-state index is -0.758. The predicted octanol–water partition coefficient (Wildman–Crippen LogP) is 2.06. The van der Waals surface area contributed by atoms with Crippen LogP contribution in [-0.2, 0) is 11.3 Å². The first-order chi connectivity index (χ1) is 9.17. The van der Waals surface area contributed by atoms with Crippen molar-refractivity contribution in [2.45, 2.75) is 31.6 Å². The van der Waals surface area contributed by atoms with Gasteiger partial charge in [-0.1, -0.05) is 18.2 Å². The molecule has 2 heterocycles. The van der Waals surface area contributed by atoms with Crippen molar-refractivity contribution in [3.05, 3.63) is 36.1 Å². The van der Waals surface area contributed by atoms with Gasteiger partial charge in [-0.25, -0.2) is 0 Å². The molecule has 4 nitrogen and oxygen atoms in total. The number of para-hydroxylation sites is 1. The number of aliphatic hydroxyl groups is 1. The van der Waals surface area contributed by atoms with Crippen molar-refractivity contribution in [2.24, 2.45) is 0 Å². The van der Waals surface area contributed by atoms with Gasteiger partial charge >= 0.3 is 0 Å². The molecule has 1 saturated heterocycles. The van der Waals surface area contributed by atoms with Gasteiger partial charge in [0, 0.05) is 25.0 Å². The van der Waals surface area contributed by atoms with E-state index in [1.165, 1.54) is 0 Å². The van der Waals surface area contributed by atoms with Crippen LogP contribution in [0.25, 0.3) is 11.0 Å². The Morgan fingerprint density at radius 2 is 2.26 bits per heavy atom. The van der Waals surface area contributed by atoms with Crippen LogP contribution in [0.5, 0.6) is 0 Å². The third-order valence-electron chi connectivity index (χ3n) is 3.87. The average Bonchev–Trinajstić information content (AvgIpc) is 2.94. The summed E-state index contributed by atoms with van der Waals surface area (Å²) >= 11 is 0. The van der Waals surface area contributed by atoms with Gasteiger partial charge < -0.3 is 19.6 Å². The summed E-state index contributed by atoms with van der Waals surface area (Å²) in [6.07, 6.45) is 0.567. The first kappa shape index (κ1) is 12.7. The van der Waals surface area contributed by atoms with Gasteiger partial charge in [-0.2, -0.15) is 0 Å². The SMILES string of the molecule is CC1OCCC1(O)CNCc1cc2ccccc2o1. The quantitative estimate of drug-likeness (QED) is 0.884. The zero-order chi connectivity index (χ0) is 13.3. The Balaban J connectivity index is 1.60. The van der Waals surface area contributed by atoms with E-state index in [9.17, 15) is 5.11 Å². The molecule has 1 aromatic heterocycles. The fourth-order valence-corrected chi connectivity index (χ4v) is 2.53. The molecular weight excluding hydrogens is 242 g/mol. The third kappa shape index (κ3) is 2.52. The maximum Gasteiger partial charge on any atom is 0.134 e. The molecule has 1 aliphatic rings. The molecule has 2 N–H and O–H groups in total. The number of hydrogen-bond donors (Lipinski definition) is 2. The molecule has 19 heavy (non-hydrogen) atoms. The Kier molecular flexibility index (Phi) is 3.31. The summed E-state index contributed by atoms with van der Waals surface area (Å²) in [5.74, 6) is 0.886. The first-order valence-electron chi connectivity index (χ1n) is 6.69. The molecule has 1 fully saturated rings. The van der Waals surface area contributed by atoms with E-state index in [0.717, 1.165) is 16.7 Å². The Hall–Kier alpha value is -1.36. The normalized spacial score (nSPS) is 27.2. The molecule has 0 spiro atoms. The number of rotatable bonds is 4. The highest BCUT2D eigenvalue weighted by Crippen LogP contribution is 2.25. The molecule has 0 bridgehead atoms. The topological polar surface area (TPSA) is 54.6 Å². The molecule has 0 saturated carbocycles. The number of benzene rings is 1. The molecule has 102 valence electrons. The van der Waals surface area contributed by atoms with Crippen LogP contribution in [0.3, 0.4) is 0 Å². The van der Waals surface area contributed by atoms with Crippen molar-refractivity contribution in [1.82, 2.24) is 5.32 Å². The fourth-order valence-electron chi connectivity index (χ4n) is 2.53. The second-order valence-corrected chi connectivity index (χ2v) is 5.22. The van der Waals surface area contributed by atoms with Gasteiger partial charge in [0.2, 0.25) is 0 Å². The largest absolute Gasteiger partial charge is 0.460 e. The average molecular weight is 261 g/mol. The Bertz CT molecular complexity index is 532. The van der Waals surface area contributed by atoms with E-state index in [1.807, 2.05) is 37.3 Å². The molecule has 2 atom stereocenters. The number of nitrogens with one attached hydrogen (secondary N) is 1. The second-order valence-electron chi connectivity index (χ2n) is 5.22. The number of hydrogen-bond acceptors (Lipinski definition) is 4. The van der Waals surface area contributed by atoms with Crippen molar-refractivity contribution < 1.29 is 14.3 Å². The van der Waals surface area contributed by atoms with E-state index in [1.54, 1.807) is 0 Å². The van der Waals surface area contributed by atoms with Gasteiger partial charge in [-0.15, -0.1) is 0 Å². The van der Waals surface area contributed by atoms with Gasteiger partial charge in [-0.3, -0.25) is 0 Å². The lowest BCUT2D eigenvalue weighted by Crippen LogP contribution is -2.45. The van der Waals surface area contributed by atoms with Gasteiger partial charge in [0.15, 0.2) is 0 Å². The summed E-state index contributed by atoms with van der Waals surface area (Å²) in [4.78, 5) is 0. The molecule has 0 radical (unpaired) electrons. The van der Waals surface area contributed by atoms with Crippen LogP contribution >= 0.6 is 0 Å². The van der Waals surface area contributed by atoms with Crippen LogP contribution in [0.2, 0.25) is 0 Å². The lowest BCUT2D eigenvalue weighted by Gasteiger charge is -2.26. The van der Waals surface area contributed by atoms with Crippen LogP contribution in [0.15, 0.2) is 34.7 Å². The number of ether oxygens (including phenoxy) is 1. The van der Waals surface area contributed by atoms with Crippen LogP contribution < -0.4 is 5.32 Å². The van der Waals surface area contributed by atoms with Gasteiger partial charge in [-0.05, 0) is 19.1 Å². The molecule has 2 aromatic rings. The van der Waals surface area contributed by atoms with Crippen LogP contribution in [0, 0.1) is 0 Å². The minimum Gasteiger partial charge on any atom is -0.460 e. The summed E-state index contributed by atoms with van der Waals surface area (Å²) in [7, 11) is 0.